The van der Waals surface area contributed by atoms with Crippen molar-refractivity contribution in [3.05, 3.63) is 0 Å². The van der Waals surface area contributed by atoms with E-state index in [1.54, 1.807) is 13.8 Å². The molecule has 0 amide bonds. The first-order chi connectivity index (χ1) is 10.4. The monoisotopic (exact) mass is 326 g/mol. The third kappa shape index (κ3) is 7.03. The van der Waals surface area contributed by atoms with E-state index < -0.39 is 11.2 Å². The molecule has 4 nitrogen and oxygen atoms in total. The van der Waals surface area contributed by atoms with Crippen molar-refractivity contribution in [2.75, 3.05) is 0 Å². The maximum atomic E-state index is 12.4. The molecule has 4 heteroatoms. The molecular formula is C19H34O4. The Balaban J connectivity index is 2.46. The van der Waals surface area contributed by atoms with Crippen LogP contribution in [0.4, 0.5) is 0 Å². The number of carbonyl (C=O) groups is 2. The van der Waals surface area contributed by atoms with Crippen LogP contribution >= 0.6 is 0 Å². The van der Waals surface area contributed by atoms with Crippen LogP contribution in [0.5, 0.6) is 0 Å². The van der Waals surface area contributed by atoms with E-state index in [1.165, 1.54) is 0 Å². The summed E-state index contributed by atoms with van der Waals surface area (Å²) in [6.07, 6.45) is 4.28. The normalized spacial score (nSPS) is 23.0. The number of Topliss-reactive ketones (excluding diaryl/α,β-unsaturated/α-hetero) is 1. The molecule has 1 N–H and O–H groups in total. The summed E-state index contributed by atoms with van der Waals surface area (Å²) in [6, 6.07) is 0. The van der Waals surface area contributed by atoms with Crippen molar-refractivity contribution in [3.63, 3.8) is 0 Å². The Hall–Kier alpha value is -0.900. The van der Waals surface area contributed by atoms with Gasteiger partial charge < -0.3 is 9.84 Å². The zero-order chi connectivity index (χ0) is 17.8. The summed E-state index contributed by atoms with van der Waals surface area (Å²) in [5.74, 6) is 0.266. The van der Waals surface area contributed by atoms with Crippen LogP contribution < -0.4 is 0 Å². The number of hydrogen-bond donors (Lipinski definition) is 1. The number of rotatable bonds is 7. The van der Waals surface area contributed by atoms with Crippen LogP contribution in [0.3, 0.4) is 0 Å². The molecule has 0 saturated heterocycles. The minimum atomic E-state index is -0.751. The second kappa shape index (κ2) is 7.78. The van der Waals surface area contributed by atoms with Gasteiger partial charge in [-0.3, -0.25) is 9.59 Å². The largest absolute Gasteiger partial charge is 0.459 e. The van der Waals surface area contributed by atoms with E-state index in [-0.39, 0.29) is 23.7 Å². The number of carbonyl (C=O) groups excluding carboxylic acids is 2. The lowest BCUT2D eigenvalue weighted by Gasteiger charge is -2.32. The molecule has 134 valence electrons. The van der Waals surface area contributed by atoms with Gasteiger partial charge in [-0.05, 0) is 66.2 Å². The summed E-state index contributed by atoms with van der Waals surface area (Å²) in [7, 11) is 0. The highest BCUT2D eigenvalue weighted by molar-refractivity contribution is 5.83. The fraction of sp³-hybridized carbons (Fsp3) is 0.895. The van der Waals surface area contributed by atoms with Crippen molar-refractivity contribution in [1.82, 2.24) is 0 Å². The van der Waals surface area contributed by atoms with Crippen molar-refractivity contribution < 1.29 is 19.4 Å². The average molecular weight is 326 g/mol. The number of ketones is 1. The molecule has 0 spiro atoms. The molecule has 0 bridgehead atoms. The van der Waals surface area contributed by atoms with Crippen molar-refractivity contribution in [2.24, 2.45) is 17.8 Å². The molecule has 0 atom stereocenters. The Labute approximate surface area is 141 Å². The third-order valence-corrected chi connectivity index (χ3v) is 4.75. The molecule has 0 heterocycles. The first-order valence-electron chi connectivity index (χ1n) is 8.90. The topological polar surface area (TPSA) is 63.6 Å². The van der Waals surface area contributed by atoms with Crippen LogP contribution in [0.15, 0.2) is 0 Å². The lowest BCUT2D eigenvalue weighted by Crippen LogP contribution is -2.36. The van der Waals surface area contributed by atoms with Crippen molar-refractivity contribution in [3.8, 4) is 0 Å². The lowest BCUT2D eigenvalue weighted by molar-refractivity contribution is -0.165. The van der Waals surface area contributed by atoms with Crippen LogP contribution in [-0.4, -0.2) is 28.1 Å². The molecular weight excluding hydrogens is 292 g/mol. The SMILES string of the molecule is CC(C)C(=O)C1CCC(C(=O)OC(C)(C)CCC(C)(C)O)CC1. The summed E-state index contributed by atoms with van der Waals surface area (Å²) in [6.45, 7) is 11.2. The quantitative estimate of drug-likeness (QED) is 0.721. The summed E-state index contributed by atoms with van der Waals surface area (Å²) in [4.78, 5) is 24.4. The zero-order valence-corrected chi connectivity index (χ0v) is 15.6. The number of aliphatic hydroxyl groups is 1. The van der Waals surface area contributed by atoms with Gasteiger partial charge in [-0.2, -0.15) is 0 Å². The van der Waals surface area contributed by atoms with Gasteiger partial charge >= 0.3 is 5.97 Å². The molecule has 1 saturated carbocycles. The molecule has 0 aromatic carbocycles. The fourth-order valence-electron chi connectivity index (χ4n) is 3.10. The van der Waals surface area contributed by atoms with Crippen LogP contribution in [0.1, 0.15) is 80.1 Å². The molecule has 23 heavy (non-hydrogen) atoms. The predicted octanol–water partition coefficient (Wildman–Crippen LogP) is 3.89. The van der Waals surface area contributed by atoms with E-state index in [9.17, 15) is 14.7 Å². The summed E-state index contributed by atoms with van der Waals surface area (Å²) in [5, 5.41) is 9.82. The Morgan fingerprint density at radius 1 is 1.00 bits per heavy atom. The molecule has 0 aromatic heterocycles. The van der Waals surface area contributed by atoms with Crippen molar-refractivity contribution >= 4 is 11.8 Å². The molecule has 1 rings (SSSR count). The second-order valence-electron chi connectivity index (χ2n) is 8.60. The number of esters is 1. The van der Waals surface area contributed by atoms with Gasteiger partial charge in [-0.1, -0.05) is 13.8 Å². The van der Waals surface area contributed by atoms with Crippen molar-refractivity contribution in [2.45, 2.75) is 91.3 Å². The Kier molecular flexibility index (Phi) is 6.81. The molecule has 0 aromatic rings. The summed E-state index contributed by atoms with van der Waals surface area (Å²) in [5.41, 5.74) is -1.32. The highest BCUT2D eigenvalue weighted by atomic mass is 16.6. The molecule has 0 aliphatic heterocycles. The van der Waals surface area contributed by atoms with Gasteiger partial charge in [0, 0.05) is 11.8 Å². The maximum absolute atomic E-state index is 12.4. The molecule has 1 aliphatic carbocycles. The third-order valence-electron chi connectivity index (χ3n) is 4.75. The number of hydrogen-bond acceptors (Lipinski definition) is 4. The lowest BCUT2D eigenvalue weighted by atomic mass is 9.78. The number of ether oxygens (including phenoxy) is 1. The highest BCUT2D eigenvalue weighted by Crippen LogP contribution is 2.33. The molecule has 0 radical (unpaired) electrons. The average Bonchev–Trinajstić information content (AvgIpc) is 2.43. The van der Waals surface area contributed by atoms with Gasteiger partial charge in [0.1, 0.15) is 11.4 Å². The summed E-state index contributed by atoms with van der Waals surface area (Å²) < 4.78 is 5.68. The smallest absolute Gasteiger partial charge is 0.309 e. The minimum Gasteiger partial charge on any atom is -0.459 e. The zero-order valence-electron chi connectivity index (χ0n) is 15.6. The van der Waals surface area contributed by atoms with E-state index in [0.29, 0.717) is 18.6 Å². The maximum Gasteiger partial charge on any atom is 0.309 e. The predicted molar refractivity (Wildman–Crippen MR) is 91.0 cm³/mol. The standard InChI is InChI=1S/C19H34O4/c1-13(2)16(20)14-7-9-15(10-8-14)17(21)23-19(5,6)12-11-18(3,4)22/h13-15,22H,7-12H2,1-6H3. The first-order valence-corrected chi connectivity index (χ1v) is 8.90. The van der Waals surface area contributed by atoms with Crippen molar-refractivity contribution in [1.29, 1.82) is 0 Å². The minimum absolute atomic E-state index is 0.0734. The van der Waals surface area contributed by atoms with Crippen LogP contribution in [0, 0.1) is 17.8 Å². The van der Waals surface area contributed by atoms with E-state index in [4.69, 9.17) is 4.74 Å². The van der Waals surface area contributed by atoms with Crippen LogP contribution in [-0.2, 0) is 14.3 Å². The van der Waals surface area contributed by atoms with E-state index in [0.717, 1.165) is 25.7 Å². The van der Waals surface area contributed by atoms with E-state index in [1.807, 2.05) is 27.7 Å². The van der Waals surface area contributed by atoms with Gasteiger partial charge in [-0.15, -0.1) is 0 Å². The summed E-state index contributed by atoms with van der Waals surface area (Å²) >= 11 is 0. The molecule has 0 unspecified atom stereocenters. The van der Waals surface area contributed by atoms with Crippen LogP contribution in [0.2, 0.25) is 0 Å². The second-order valence-corrected chi connectivity index (χ2v) is 8.60. The fourth-order valence-corrected chi connectivity index (χ4v) is 3.10. The van der Waals surface area contributed by atoms with Gasteiger partial charge in [0.05, 0.1) is 11.5 Å². The van der Waals surface area contributed by atoms with Gasteiger partial charge in [-0.25, -0.2) is 0 Å². The van der Waals surface area contributed by atoms with Gasteiger partial charge in [0.25, 0.3) is 0 Å². The molecule has 1 aliphatic rings. The Morgan fingerprint density at radius 2 is 1.48 bits per heavy atom. The van der Waals surface area contributed by atoms with E-state index in [2.05, 4.69) is 0 Å². The van der Waals surface area contributed by atoms with Gasteiger partial charge in [0.2, 0.25) is 0 Å². The first kappa shape index (κ1) is 20.1. The Morgan fingerprint density at radius 3 is 1.91 bits per heavy atom. The molecule has 1 fully saturated rings. The van der Waals surface area contributed by atoms with Gasteiger partial charge in [0.15, 0.2) is 0 Å². The van der Waals surface area contributed by atoms with E-state index >= 15 is 0 Å². The Bertz CT molecular complexity index is 410. The highest BCUT2D eigenvalue weighted by Gasteiger charge is 2.34. The van der Waals surface area contributed by atoms with Crippen LogP contribution in [0.25, 0.3) is 0 Å².